The van der Waals surface area contributed by atoms with E-state index in [1.54, 1.807) is 22.8 Å². The van der Waals surface area contributed by atoms with Gasteiger partial charge >= 0.3 is 0 Å². The van der Waals surface area contributed by atoms with Crippen LogP contribution in [-0.2, 0) is 4.79 Å². The van der Waals surface area contributed by atoms with E-state index in [2.05, 4.69) is 10.3 Å². The number of methoxy groups -OCH3 is 1. The quantitative estimate of drug-likeness (QED) is 0.290. The van der Waals surface area contributed by atoms with Gasteiger partial charge in [-0.15, -0.1) is 11.3 Å². The minimum atomic E-state index is -0.234. The maximum atomic E-state index is 13.2. The Morgan fingerprint density at radius 3 is 2.72 bits per heavy atom. The summed E-state index contributed by atoms with van der Waals surface area (Å²) in [5.41, 5.74) is 3.99. The van der Waals surface area contributed by atoms with Crippen molar-refractivity contribution in [3.8, 4) is 11.4 Å². The summed E-state index contributed by atoms with van der Waals surface area (Å²) < 4.78 is 7.30. The van der Waals surface area contributed by atoms with Gasteiger partial charge < -0.3 is 10.1 Å². The molecule has 0 unspecified atom stereocenters. The zero-order valence-electron chi connectivity index (χ0n) is 17.6. The molecule has 0 saturated heterocycles. The highest BCUT2D eigenvalue weighted by Gasteiger charge is 2.16. The number of ether oxygens (including phenoxy) is 1. The van der Waals surface area contributed by atoms with Gasteiger partial charge in [0.1, 0.15) is 10.4 Å². The van der Waals surface area contributed by atoms with Gasteiger partial charge in [-0.2, -0.15) is 0 Å². The number of benzene rings is 2. The third-order valence-electron chi connectivity index (χ3n) is 4.97. The molecule has 1 amide bonds. The van der Waals surface area contributed by atoms with Crippen molar-refractivity contribution in [3.05, 3.63) is 74.3 Å². The first-order valence-corrected chi connectivity index (χ1v) is 12.0. The Bertz CT molecular complexity index is 1380. The number of amides is 1. The van der Waals surface area contributed by atoms with Crippen molar-refractivity contribution >= 4 is 56.5 Å². The smallest absolute Gasteiger partial charge is 0.276 e. The minimum Gasteiger partial charge on any atom is -0.495 e. The second-order valence-corrected chi connectivity index (χ2v) is 9.39. The Hall–Kier alpha value is -2.81. The number of aromatic nitrogens is 2. The van der Waals surface area contributed by atoms with Crippen molar-refractivity contribution in [2.24, 2.45) is 0 Å². The summed E-state index contributed by atoms with van der Waals surface area (Å²) in [7, 11) is 1.53. The number of hydrogen-bond acceptors (Lipinski definition) is 6. The summed E-state index contributed by atoms with van der Waals surface area (Å²) in [5, 5.41) is 5.53. The minimum absolute atomic E-state index is 0.0799. The molecule has 0 aliphatic carbocycles. The molecule has 0 radical (unpaired) electrons. The molecule has 4 rings (SSSR count). The zero-order valence-corrected chi connectivity index (χ0v) is 20.0. The lowest BCUT2D eigenvalue weighted by Gasteiger charge is -2.13. The molecule has 2 heterocycles. The van der Waals surface area contributed by atoms with E-state index < -0.39 is 0 Å². The van der Waals surface area contributed by atoms with Gasteiger partial charge in [-0.1, -0.05) is 29.4 Å². The predicted octanol–water partition coefficient (Wildman–Crippen LogP) is 5.46. The van der Waals surface area contributed by atoms with E-state index >= 15 is 0 Å². The number of aryl methyl sites for hydroxylation is 2. The van der Waals surface area contributed by atoms with Crippen LogP contribution in [0.25, 0.3) is 15.9 Å². The summed E-state index contributed by atoms with van der Waals surface area (Å²) in [4.78, 5) is 30.5. The fourth-order valence-corrected chi connectivity index (χ4v) is 4.98. The molecule has 0 aliphatic rings. The van der Waals surface area contributed by atoms with Crippen LogP contribution in [0.1, 0.15) is 11.1 Å². The van der Waals surface area contributed by atoms with Crippen LogP contribution in [0, 0.1) is 13.8 Å². The Balaban J connectivity index is 1.62. The lowest BCUT2D eigenvalue weighted by atomic mass is 10.1. The van der Waals surface area contributed by atoms with Crippen molar-refractivity contribution in [2.75, 3.05) is 18.2 Å². The van der Waals surface area contributed by atoms with Crippen molar-refractivity contribution < 1.29 is 9.53 Å². The molecule has 0 fully saturated rings. The van der Waals surface area contributed by atoms with E-state index in [0.29, 0.717) is 31.8 Å². The molecule has 32 heavy (non-hydrogen) atoms. The predicted molar refractivity (Wildman–Crippen MR) is 132 cm³/mol. The van der Waals surface area contributed by atoms with Crippen LogP contribution in [0.2, 0.25) is 5.02 Å². The summed E-state index contributed by atoms with van der Waals surface area (Å²) in [6.45, 7) is 4.02. The number of thiophene rings is 1. The van der Waals surface area contributed by atoms with Gasteiger partial charge in [-0.05, 0) is 66.8 Å². The Morgan fingerprint density at radius 2 is 2.00 bits per heavy atom. The number of hydrogen-bond donors (Lipinski definition) is 1. The van der Waals surface area contributed by atoms with Crippen molar-refractivity contribution in [1.82, 2.24) is 9.55 Å². The first-order valence-electron chi connectivity index (χ1n) is 9.71. The Labute approximate surface area is 198 Å². The molecule has 2 aromatic carbocycles. The molecule has 9 heteroatoms. The monoisotopic (exact) mass is 485 g/mol. The van der Waals surface area contributed by atoms with Crippen LogP contribution < -0.4 is 15.6 Å². The fourth-order valence-electron chi connectivity index (χ4n) is 3.15. The van der Waals surface area contributed by atoms with E-state index in [9.17, 15) is 9.59 Å². The summed E-state index contributed by atoms with van der Waals surface area (Å²) in [5.74, 6) is 0.378. The normalized spacial score (nSPS) is 11.0. The second-order valence-electron chi connectivity index (χ2n) is 7.12. The number of nitrogens with one attached hydrogen (secondary N) is 1. The first kappa shape index (κ1) is 22.4. The van der Waals surface area contributed by atoms with Gasteiger partial charge in [-0.25, -0.2) is 4.98 Å². The van der Waals surface area contributed by atoms with E-state index in [-0.39, 0.29) is 17.2 Å². The van der Waals surface area contributed by atoms with Gasteiger partial charge in [0.05, 0.1) is 29.1 Å². The van der Waals surface area contributed by atoms with Crippen LogP contribution in [-0.4, -0.2) is 28.3 Å². The third-order valence-corrected chi connectivity index (χ3v) is 7.09. The molecular formula is C23H20ClN3O3S2. The molecule has 1 N–H and O–H groups in total. The molecule has 0 saturated carbocycles. The molecular weight excluding hydrogens is 466 g/mol. The largest absolute Gasteiger partial charge is 0.495 e. The van der Waals surface area contributed by atoms with E-state index in [1.165, 1.54) is 30.2 Å². The van der Waals surface area contributed by atoms with E-state index in [1.807, 2.05) is 43.5 Å². The van der Waals surface area contributed by atoms with Crippen molar-refractivity contribution in [1.29, 1.82) is 0 Å². The summed E-state index contributed by atoms with van der Waals surface area (Å²) in [6.07, 6.45) is 0. The fraction of sp³-hybridized carbons (Fsp3) is 0.174. The molecule has 2 aromatic heterocycles. The number of thioether (sulfide) groups is 1. The van der Waals surface area contributed by atoms with Crippen molar-refractivity contribution in [3.63, 3.8) is 0 Å². The standard InChI is InChI=1S/C23H20ClN3O3S2/c1-13-4-6-16(10-14(13)2)27-22(29)21-18(8-9-31-21)26-23(27)32-12-20(28)25-15-5-7-19(30-3)17(24)11-15/h4-11H,12H2,1-3H3,(H,25,28). The second kappa shape index (κ2) is 9.36. The SMILES string of the molecule is COc1ccc(NC(=O)CSc2nc3ccsc3c(=O)n2-c2ccc(C)c(C)c2)cc1Cl. The number of halogens is 1. The molecule has 0 spiro atoms. The summed E-state index contributed by atoms with van der Waals surface area (Å²) >= 11 is 8.70. The Kier molecular flexibility index (Phi) is 6.55. The van der Waals surface area contributed by atoms with Crippen LogP contribution in [0.3, 0.4) is 0 Å². The lowest BCUT2D eigenvalue weighted by molar-refractivity contribution is -0.113. The number of rotatable bonds is 6. The van der Waals surface area contributed by atoms with Crippen LogP contribution in [0.4, 0.5) is 5.69 Å². The maximum absolute atomic E-state index is 13.2. The Morgan fingerprint density at radius 1 is 1.19 bits per heavy atom. The van der Waals surface area contributed by atoms with Gasteiger partial charge in [0.15, 0.2) is 5.16 Å². The molecule has 4 aromatic rings. The number of carbonyl (C=O) groups excluding carboxylic acids is 1. The number of anilines is 1. The van der Waals surface area contributed by atoms with E-state index in [0.717, 1.165) is 16.8 Å². The molecule has 0 aliphatic heterocycles. The highest BCUT2D eigenvalue weighted by molar-refractivity contribution is 7.99. The van der Waals surface area contributed by atoms with Gasteiger partial charge in [-0.3, -0.25) is 14.2 Å². The molecule has 0 atom stereocenters. The number of carbonyl (C=O) groups is 1. The third kappa shape index (κ3) is 4.53. The van der Waals surface area contributed by atoms with Gasteiger partial charge in [0.25, 0.3) is 5.56 Å². The van der Waals surface area contributed by atoms with Crippen molar-refractivity contribution in [2.45, 2.75) is 19.0 Å². The van der Waals surface area contributed by atoms with E-state index in [4.69, 9.17) is 16.3 Å². The van der Waals surface area contributed by atoms with Crippen LogP contribution >= 0.6 is 34.7 Å². The number of nitrogens with zero attached hydrogens (tertiary/aromatic N) is 2. The van der Waals surface area contributed by atoms with Crippen LogP contribution in [0.5, 0.6) is 5.75 Å². The molecule has 0 bridgehead atoms. The number of fused-ring (bicyclic) bond motifs is 1. The average molecular weight is 486 g/mol. The molecule has 164 valence electrons. The lowest BCUT2D eigenvalue weighted by Crippen LogP contribution is -2.22. The molecule has 6 nitrogen and oxygen atoms in total. The first-order chi connectivity index (χ1) is 15.4. The average Bonchev–Trinajstić information content (AvgIpc) is 3.24. The van der Waals surface area contributed by atoms with Gasteiger partial charge in [0.2, 0.25) is 5.91 Å². The highest BCUT2D eigenvalue weighted by atomic mass is 35.5. The maximum Gasteiger partial charge on any atom is 0.276 e. The van der Waals surface area contributed by atoms with Gasteiger partial charge in [0, 0.05) is 5.69 Å². The zero-order chi connectivity index (χ0) is 22.8. The van der Waals surface area contributed by atoms with Crippen LogP contribution in [0.15, 0.2) is 57.8 Å². The highest BCUT2D eigenvalue weighted by Crippen LogP contribution is 2.28. The summed E-state index contributed by atoms with van der Waals surface area (Å²) in [6, 6.07) is 12.7. The topological polar surface area (TPSA) is 73.2 Å².